The summed E-state index contributed by atoms with van der Waals surface area (Å²) >= 11 is 1.47. The molecule has 20 heavy (non-hydrogen) atoms. The third kappa shape index (κ3) is 6.51. The van der Waals surface area contributed by atoms with Crippen LogP contribution in [-0.2, 0) is 20.7 Å². The Morgan fingerprint density at radius 1 is 1.40 bits per heavy atom. The van der Waals surface area contributed by atoms with Crippen molar-refractivity contribution in [2.75, 3.05) is 19.0 Å². The molecule has 1 rings (SSSR count). The van der Waals surface area contributed by atoms with Gasteiger partial charge in [0.15, 0.2) is 5.13 Å². The Labute approximate surface area is 122 Å². The molecule has 1 amide bonds. The maximum atomic E-state index is 11.4. The number of amides is 1. The number of carbonyl (C=O) groups is 2. The summed E-state index contributed by atoms with van der Waals surface area (Å²) in [5.74, 6) is -0.215. The number of aryl methyl sites for hydroxylation is 1. The molecule has 0 bridgehead atoms. The zero-order valence-corrected chi connectivity index (χ0v) is 12.9. The number of nitrogens with zero attached hydrogens (tertiary/aromatic N) is 1. The van der Waals surface area contributed by atoms with Crippen LogP contribution in [0.5, 0.6) is 0 Å². The first-order chi connectivity index (χ1) is 9.51. The van der Waals surface area contributed by atoms with Crippen molar-refractivity contribution >= 4 is 28.3 Å². The number of anilines is 1. The molecule has 112 valence electrons. The summed E-state index contributed by atoms with van der Waals surface area (Å²) in [6.07, 6.45) is 1.31. The van der Waals surface area contributed by atoms with E-state index in [0.29, 0.717) is 25.8 Å². The van der Waals surface area contributed by atoms with Crippen molar-refractivity contribution in [3.63, 3.8) is 0 Å². The second-order valence-electron chi connectivity index (χ2n) is 4.62. The van der Waals surface area contributed by atoms with Crippen LogP contribution in [0.25, 0.3) is 0 Å². The molecule has 0 unspecified atom stereocenters. The average Bonchev–Trinajstić information content (AvgIpc) is 2.83. The van der Waals surface area contributed by atoms with Crippen LogP contribution in [0.15, 0.2) is 5.38 Å². The monoisotopic (exact) mass is 299 g/mol. The minimum atomic E-state index is -0.238. The van der Waals surface area contributed by atoms with Gasteiger partial charge < -0.3 is 15.4 Å². The SMILES string of the molecule is COC(=O)CCc1csc(NCCC(=O)NC(C)C)n1. The number of rotatable bonds is 8. The van der Waals surface area contributed by atoms with Crippen LogP contribution in [0.1, 0.15) is 32.4 Å². The molecule has 0 atom stereocenters. The Hall–Kier alpha value is -1.63. The number of methoxy groups -OCH3 is 1. The number of nitrogens with one attached hydrogen (secondary N) is 2. The van der Waals surface area contributed by atoms with Gasteiger partial charge in [-0.1, -0.05) is 0 Å². The second-order valence-corrected chi connectivity index (χ2v) is 5.48. The van der Waals surface area contributed by atoms with E-state index in [0.717, 1.165) is 10.8 Å². The smallest absolute Gasteiger partial charge is 0.305 e. The minimum absolute atomic E-state index is 0.0231. The lowest BCUT2D eigenvalue weighted by Crippen LogP contribution is -2.31. The van der Waals surface area contributed by atoms with Crippen LogP contribution in [0.4, 0.5) is 5.13 Å². The van der Waals surface area contributed by atoms with Gasteiger partial charge in [-0.05, 0) is 13.8 Å². The van der Waals surface area contributed by atoms with Gasteiger partial charge in [0, 0.05) is 30.8 Å². The molecular weight excluding hydrogens is 278 g/mol. The highest BCUT2D eigenvalue weighted by atomic mass is 32.1. The second kappa shape index (κ2) is 8.52. The standard InChI is InChI=1S/C13H21N3O3S/c1-9(2)15-11(17)6-7-14-13-16-10(8-20-13)4-5-12(18)19-3/h8-9H,4-7H2,1-3H3,(H,14,16)(H,15,17). The summed E-state index contributed by atoms with van der Waals surface area (Å²) in [5.41, 5.74) is 0.856. The van der Waals surface area contributed by atoms with Gasteiger partial charge in [-0.15, -0.1) is 11.3 Å². The Bertz CT molecular complexity index is 446. The topological polar surface area (TPSA) is 80.3 Å². The number of esters is 1. The summed E-state index contributed by atoms with van der Waals surface area (Å²) < 4.78 is 4.58. The van der Waals surface area contributed by atoms with Crippen LogP contribution < -0.4 is 10.6 Å². The van der Waals surface area contributed by atoms with E-state index in [9.17, 15) is 9.59 Å². The van der Waals surface area contributed by atoms with E-state index in [1.165, 1.54) is 18.4 Å². The Morgan fingerprint density at radius 3 is 2.80 bits per heavy atom. The Balaban J connectivity index is 2.26. The van der Waals surface area contributed by atoms with Crippen molar-refractivity contribution in [1.29, 1.82) is 0 Å². The van der Waals surface area contributed by atoms with Crippen LogP contribution in [0.2, 0.25) is 0 Å². The highest BCUT2D eigenvalue weighted by Crippen LogP contribution is 2.16. The zero-order chi connectivity index (χ0) is 15.0. The molecule has 0 aliphatic rings. The van der Waals surface area contributed by atoms with Gasteiger partial charge in [-0.25, -0.2) is 4.98 Å². The molecule has 0 aliphatic carbocycles. The summed E-state index contributed by atoms with van der Waals surface area (Å²) in [6, 6.07) is 0.160. The third-order valence-electron chi connectivity index (χ3n) is 2.44. The van der Waals surface area contributed by atoms with Gasteiger partial charge in [-0.2, -0.15) is 0 Å². The van der Waals surface area contributed by atoms with Gasteiger partial charge >= 0.3 is 5.97 Å². The zero-order valence-electron chi connectivity index (χ0n) is 12.1. The maximum absolute atomic E-state index is 11.4. The number of carbonyl (C=O) groups excluding carboxylic acids is 2. The molecular formula is C13H21N3O3S. The lowest BCUT2D eigenvalue weighted by molar-refractivity contribution is -0.140. The molecule has 7 heteroatoms. The van der Waals surface area contributed by atoms with Gasteiger partial charge in [0.1, 0.15) is 0 Å². The van der Waals surface area contributed by atoms with E-state index in [2.05, 4.69) is 20.4 Å². The minimum Gasteiger partial charge on any atom is -0.469 e. The quantitative estimate of drug-likeness (QED) is 0.712. The fraction of sp³-hybridized carbons (Fsp3) is 0.615. The largest absolute Gasteiger partial charge is 0.469 e. The van der Waals surface area contributed by atoms with Crippen molar-refractivity contribution in [3.05, 3.63) is 11.1 Å². The fourth-order valence-corrected chi connectivity index (χ4v) is 2.29. The highest BCUT2D eigenvalue weighted by molar-refractivity contribution is 7.13. The molecule has 6 nitrogen and oxygen atoms in total. The van der Waals surface area contributed by atoms with Gasteiger partial charge in [0.2, 0.25) is 5.91 Å². The molecule has 1 heterocycles. The lowest BCUT2D eigenvalue weighted by atomic mass is 10.2. The Kier molecular flexibility index (Phi) is 7.00. The van der Waals surface area contributed by atoms with Crippen LogP contribution >= 0.6 is 11.3 Å². The van der Waals surface area contributed by atoms with E-state index >= 15 is 0 Å². The normalized spacial score (nSPS) is 10.4. The predicted octanol–water partition coefficient (Wildman–Crippen LogP) is 1.58. The van der Waals surface area contributed by atoms with Crippen molar-refractivity contribution in [3.8, 4) is 0 Å². The van der Waals surface area contributed by atoms with Crippen molar-refractivity contribution in [2.45, 2.75) is 39.2 Å². The number of ether oxygens (including phenoxy) is 1. The molecule has 0 saturated carbocycles. The molecule has 0 aliphatic heterocycles. The molecule has 0 spiro atoms. The van der Waals surface area contributed by atoms with Gasteiger partial charge in [0.05, 0.1) is 19.2 Å². The predicted molar refractivity (Wildman–Crippen MR) is 78.8 cm³/mol. The van der Waals surface area contributed by atoms with Crippen molar-refractivity contribution in [2.24, 2.45) is 0 Å². The number of hydrogen-bond donors (Lipinski definition) is 2. The lowest BCUT2D eigenvalue weighted by Gasteiger charge is -2.08. The Morgan fingerprint density at radius 2 is 2.15 bits per heavy atom. The van der Waals surface area contributed by atoms with E-state index in [4.69, 9.17) is 0 Å². The van der Waals surface area contributed by atoms with Crippen LogP contribution in [0.3, 0.4) is 0 Å². The summed E-state index contributed by atoms with van der Waals surface area (Å²) in [4.78, 5) is 26.8. The molecule has 1 aromatic rings. The average molecular weight is 299 g/mol. The molecule has 0 aromatic carbocycles. The molecule has 0 fully saturated rings. The van der Waals surface area contributed by atoms with Crippen molar-refractivity contribution < 1.29 is 14.3 Å². The van der Waals surface area contributed by atoms with E-state index < -0.39 is 0 Å². The first kappa shape index (κ1) is 16.4. The molecule has 1 aromatic heterocycles. The molecule has 0 saturated heterocycles. The third-order valence-corrected chi connectivity index (χ3v) is 3.29. The van der Waals surface area contributed by atoms with E-state index in [-0.39, 0.29) is 17.9 Å². The summed E-state index contributed by atoms with van der Waals surface area (Å²) in [5, 5.41) is 8.60. The van der Waals surface area contributed by atoms with E-state index in [1.54, 1.807) is 0 Å². The van der Waals surface area contributed by atoms with Gasteiger partial charge in [0.25, 0.3) is 0 Å². The summed E-state index contributed by atoms with van der Waals surface area (Å²) in [6.45, 7) is 4.40. The van der Waals surface area contributed by atoms with Crippen molar-refractivity contribution in [1.82, 2.24) is 10.3 Å². The maximum Gasteiger partial charge on any atom is 0.305 e. The molecule has 0 radical (unpaired) electrons. The highest BCUT2D eigenvalue weighted by Gasteiger charge is 2.07. The fourth-order valence-electron chi connectivity index (χ4n) is 1.51. The number of thiazole rings is 1. The first-order valence-corrected chi connectivity index (χ1v) is 7.43. The molecule has 2 N–H and O–H groups in total. The summed E-state index contributed by atoms with van der Waals surface area (Å²) in [7, 11) is 1.37. The first-order valence-electron chi connectivity index (χ1n) is 6.55. The van der Waals surface area contributed by atoms with Crippen LogP contribution in [0, 0.1) is 0 Å². The van der Waals surface area contributed by atoms with Crippen LogP contribution in [-0.4, -0.2) is 36.6 Å². The van der Waals surface area contributed by atoms with Gasteiger partial charge in [-0.3, -0.25) is 9.59 Å². The number of hydrogen-bond acceptors (Lipinski definition) is 6. The number of aromatic nitrogens is 1. The van der Waals surface area contributed by atoms with E-state index in [1.807, 2.05) is 19.2 Å².